The number of carbonyl (C=O) groups excluding carboxylic acids is 1. The first kappa shape index (κ1) is 21.4. The second-order valence-electron chi connectivity index (χ2n) is 6.96. The predicted molar refractivity (Wildman–Crippen MR) is 114 cm³/mol. The minimum Gasteiger partial charge on any atom is -0.497 e. The first-order valence-electron chi connectivity index (χ1n) is 10.1. The molecule has 0 saturated heterocycles. The van der Waals surface area contributed by atoms with Crippen LogP contribution in [0.4, 0.5) is 0 Å². The maximum Gasteiger partial charge on any atom is 0.227 e. The van der Waals surface area contributed by atoms with Gasteiger partial charge in [0.15, 0.2) is 0 Å². The number of aromatic nitrogens is 2. The van der Waals surface area contributed by atoms with E-state index in [0.717, 1.165) is 29.9 Å². The molecular weight excluding hydrogens is 382 g/mol. The summed E-state index contributed by atoms with van der Waals surface area (Å²) >= 11 is 0. The van der Waals surface area contributed by atoms with Crippen LogP contribution in [0.1, 0.15) is 30.7 Å². The fourth-order valence-electron chi connectivity index (χ4n) is 2.80. The highest BCUT2D eigenvalue weighted by molar-refractivity contribution is 5.75. The summed E-state index contributed by atoms with van der Waals surface area (Å²) in [6.45, 7) is 3.30. The van der Waals surface area contributed by atoms with Crippen LogP contribution in [0, 0.1) is 6.92 Å². The van der Waals surface area contributed by atoms with Gasteiger partial charge in [0.1, 0.15) is 11.5 Å². The number of methoxy groups -OCH3 is 1. The molecule has 0 bridgehead atoms. The summed E-state index contributed by atoms with van der Waals surface area (Å²) in [5.74, 6) is 2.56. The van der Waals surface area contributed by atoms with Crippen LogP contribution in [0.2, 0.25) is 0 Å². The predicted octanol–water partition coefficient (Wildman–Crippen LogP) is 3.96. The SMILES string of the molecule is COc1ccc(-c2noc(CCC(=O)NCCCCOc3ccc(C)cc3)n2)cc1. The number of rotatable bonds is 11. The van der Waals surface area contributed by atoms with Gasteiger partial charge >= 0.3 is 0 Å². The average molecular weight is 409 g/mol. The van der Waals surface area contributed by atoms with E-state index in [0.29, 0.717) is 37.7 Å². The smallest absolute Gasteiger partial charge is 0.227 e. The third kappa shape index (κ3) is 6.62. The number of ether oxygens (including phenoxy) is 2. The summed E-state index contributed by atoms with van der Waals surface area (Å²) in [5, 5.41) is 6.88. The normalized spacial score (nSPS) is 10.6. The minimum absolute atomic E-state index is 0.0290. The van der Waals surface area contributed by atoms with Crippen molar-refractivity contribution in [2.45, 2.75) is 32.6 Å². The number of nitrogens with one attached hydrogen (secondary N) is 1. The maximum absolute atomic E-state index is 12.0. The zero-order valence-corrected chi connectivity index (χ0v) is 17.4. The van der Waals surface area contributed by atoms with Gasteiger partial charge in [-0.05, 0) is 56.2 Å². The Bertz CT molecular complexity index is 920. The van der Waals surface area contributed by atoms with Gasteiger partial charge in [-0.25, -0.2) is 0 Å². The zero-order valence-electron chi connectivity index (χ0n) is 17.4. The van der Waals surface area contributed by atoms with Crippen molar-refractivity contribution >= 4 is 5.91 Å². The van der Waals surface area contributed by atoms with Crippen molar-refractivity contribution < 1.29 is 18.8 Å². The number of nitrogens with zero attached hydrogens (tertiary/aromatic N) is 2. The first-order valence-corrected chi connectivity index (χ1v) is 10.1. The lowest BCUT2D eigenvalue weighted by molar-refractivity contribution is -0.121. The Labute approximate surface area is 176 Å². The molecule has 0 fully saturated rings. The number of hydrogen-bond donors (Lipinski definition) is 1. The van der Waals surface area contributed by atoms with E-state index in [1.54, 1.807) is 7.11 Å². The monoisotopic (exact) mass is 409 g/mol. The van der Waals surface area contributed by atoms with Crippen molar-refractivity contribution in [2.75, 3.05) is 20.3 Å². The van der Waals surface area contributed by atoms with E-state index in [-0.39, 0.29) is 5.91 Å². The standard InChI is InChI=1S/C23H27N3O4/c1-17-5-9-20(10-6-17)29-16-4-3-15-24-21(27)13-14-22-25-23(26-30-22)18-7-11-19(28-2)12-8-18/h5-12H,3-4,13-16H2,1-2H3,(H,24,27). The highest BCUT2D eigenvalue weighted by Gasteiger charge is 2.10. The lowest BCUT2D eigenvalue weighted by atomic mass is 10.2. The maximum atomic E-state index is 12.0. The van der Waals surface area contributed by atoms with Gasteiger partial charge in [-0.2, -0.15) is 4.98 Å². The minimum atomic E-state index is -0.0290. The molecule has 0 aliphatic carbocycles. The number of aryl methyl sites for hydroxylation is 2. The van der Waals surface area contributed by atoms with Crippen LogP contribution in [-0.4, -0.2) is 36.3 Å². The van der Waals surface area contributed by atoms with Gasteiger partial charge in [0.05, 0.1) is 13.7 Å². The molecule has 30 heavy (non-hydrogen) atoms. The highest BCUT2D eigenvalue weighted by Crippen LogP contribution is 2.20. The van der Waals surface area contributed by atoms with Crippen LogP contribution in [0.3, 0.4) is 0 Å². The molecule has 0 aliphatic heterocycles. The van der Waals surface area contributed by atoms with E-state index in [2.05, 4.69) is 15.5 Å². The molecule has 7 heteroatoms. The van der Waals surface area contributed by atoms with Gasteiger partial charge in [0.25, 0.3) is 0 Å². The molecule has 0 radical (unpaired) electrons. The molecule has 0 aliphatic rings. The quantitative estimate of drug-likeness (QED) is 0.483. The molecule has 1 heterocycles. The highest BCUT2D eigenvalue weighted by atomic mass is 16.5. The van der Waals surface area contributed by atoms with Crippen molar-refractivity contribution in [3.05, 3.63) is 60.0 Å². The lowest BCUT2D eigenvalue weighted by Crippen LogP contribution is -2.25. The van der Waals surface area contributed by atoms with Gasteiger partial charge in [0, 0.05) is 24.9 Å². The summed E-state index contributed by atoms with van der Waals surface area (Å²) < 4.78 is 16.1. The number of carbonyl (C=O) groups is 1. The van der Waals surface area contributed by atoms with E-state index in [4.69, 9.17) is 14.0 Å². The molecule has 7 nitrogen and oxygen atoms in total. The van der Waals surface area contributed by atoms with Gasteiger partial charge in [-0.15, -0.1) is 0 Å². The van der Waals surface area contributed by atoms with Crippen molar-refractivity contribution in [1.29, 1.82) is 0 Å². The third-order valence-corrected chi connectivity index (χ3v) is 4.57. The van der Waals surface area contributed by atoms with Crippen LogP contribution < -0.4 is 14.8 Å². The summed E-state index contributed by atoms with van der Waals surface area (Å²) in [6.07, 6.45) is 2.46. The zero-order chi connectivity index (χ0) is 21.2. The molecule has 1 N–H and O–H groups in total. The van der Waals surface area contributed by atoms with E-state index in [1.165, 1.54) is 5.56 Å². The largest absolute Gasteiger partial charge is 0.497 e. The van der Waals surface area contributed by atoms with Crippen LogP contribution in [-0.2, 0) is 11.2 Å². The van der Waals surface area contributed by atoms with E-state index >= 15 is 0 Å². The van der Waals surface area contributed by atoms with E-state index in [9.17, 15) is 4.79 Å². The molecule has 0 atom stereocenters. The van der Waals surface area contributed by atoms with Gasteiger partial charge in [-0.3, -0.25) is 4.79 Å². The fraction of sp³-hybridized carbons (Fsp3) is 0.348. The number of unbranched alkanes of at least 4 members (excludes halogenated alkanes) is 1. The molecule has 0 spiro atoms. The molecule has 1 aromatic heterocycles. The Morgan fingerprint density at radius 1 is 1.03 bits per heavy atom. The number of benzene rings is 2. The molecular formula is C23H27N3O4. The van der Waals surface area contributed by atoms with Crippen molar-refractivity contribution in [2.24, 2.45) is 0 Å². The second kappa shape index (κ2) is 11.0. The lowest BCUT2D eigenvalue weighted by Gasteiger charge is -2.07. The Kier molecular flexibility index (Phi) is 7.83. The number of amides is 1. The van der Waals surface area contributed by atoms with Crippen LogP contribution in [0.25, 0.3) is 11.4 Å². The van der Waals surface area contributed by atoms with Crippen LogP contribution >= 0.6 is 0 Å². The van der Waals surface area contributed by atoms with Gasteiger partial charge in [0.2, 0.25) is 17.6 Å². The van der Waals surface area contributed by atoms with Crippen LogP contribution in [0.5, 0.6) is 11.5 Å². The fourth-order valence-corrected chi connectivity index (χ4v) is 2.80. The number of hydrogen-bond acceptors (Lipinski definition) is 6. The van der Waals surface area contributed by atoms with Crippen molar-refractivity contribution in [1.82, 2.24) is 15.5 Å². The Balaban J connectivity index is 1.30. The molecule has 2 aromatic carbocycles. The van der Waals surface area contributed by atoms with Crippen molar-refractivity contribution in [3.63, 3.8) is 0 Å². The van der Waals surface area contributed by atoms with Crippen LogP contribution in [0.15, 0.2) is 53.1 Å². The van der Waals surface area contributed by atoms with Gasteiger partial charge < -0.3 is 19.3 Å². The molecule has 0 unspecified atom stereocenters. The molecule has 0 saturated carbocycles. The third-order valence-electron chi connectivity index (χ3n) is 4.57. The molecule has 3 aromatic rings. The van der Waals surface area contributed by atoms with Crippen molar-refractivity contribution in [3.8, 4) is 22.9 Å². The molecule has 1 amide bonds. The van der Waals surface area contributed by atoms with E-state index in [1.807, 2.05) is 55.5 Å². The summed E-state index contributed by atoms with van der Waals surface area (Å²) in [5.41, 5.74) is 2.05. The second-order valence-corrected chi connectivity index (χ2v) is 6.96. The first-order chi connectivity index (χ1) is 14.6. The van der Waals surface area contributed by atoms with Gasteiger partial charge in [-0.1, -0.05) is 22.9 Å². The average Bonchev–Trinajstić information content (AvgIpc) is 3.25. The Hall–Kier alpha value is -3.35. The Morgan fingerprint density at radius 2 is 1.77 bits per heavy atom. The van der Waals surface area contributed by atoms with E-state index < -0.39 is 0 Å². The summed E-state index contributed by atoms with van der Waals surface area (Å²) in [4.78, 5) is 16.4. The molecule has 3 rings (SSSR count). The summed E-state index contributed by atoms with van der Waals surface area (Å²) in [6, 6.07) is 15.4. The molecule has 158 valence electrons. The Morgan fingerprint density at radius 3 is 2.50 bits per heavy atom. The summed E-state index contributed by atoms with van der Waals surface area (Å²) in [7, 11) is 1.62. The topological polar surface area (TPSA) is 86.5 Å².